The number of carboxylic acid groups (broad SMARTS) is 1. The minimum absolute atomic E-state index is 0.0190. The molecule has 1 N–H and O–H groups in total. The summed E-state index contributed by atoms with van der Waals surface area (Å²) in [6.07, 6.45) is 0. The molecule has 0 saturated carbocycles. The molecular weight excluding hydrogens is 254 g/mol. The second kappa shape index (κ2) is 6.46. The second-order valence-corrected chi connectivity index (χ2v) is 4.90. The molecular formula is C11H17N3O3S. The molecule has 1 rings (SSSR count). The van der Waals surface area contributed by atoms with Gasteiger partial charge in [-0.1, -0.05) is 6.92 Å². The lowest BCUT2D eigenvalue weighted by atomic mass is 10.4. The van der Waals surface area contributed by atoms with Crippen molar-refractivity contribution in [2.24, 2.45) is 0 Å². The van der Waals surface area contributed by atoms with Gasteiger partial charge in [0.2, 0.25) is 10.9 Å². The fourth-order valence-corrected chi connectivity index (χ4v) is 1.96. The first kappa shape index (κ1) is 14.6. The molecule has 0 aromatic carbocycles. The highest BCUT2D eigenvalue weighted by Gasteiger charge is 2.14. The monoisotopic (exact) mass is 271 g/mol. The molecule has 6 nitrogen and oxygen atoms in total. The Labute approximate surface area is 110 Å². The van der Waals surface area contributed by atoms with Crippen molar-refractivity contribution < 1.29 is 14.7 Å². The standard InChI is InChI=1S/C11H17N3O3S/c1-4-14(6-9(15)13(2)3)5-8-7-18-10(12-8)11(16)17/h7H,4-6H2,1-3H3,(H,16,17). The maximum absolute atomic E-state index is 11.6. The molecule has 1 aromatic heterocycles. The zero-order valence-electron chi connectivity index (χ0n) is 10.7. The predicted molar refractivity (Wildman–Crippen MR) is 68.7 cm³/mol. The molecule has 0 aliphatic rings. The molecule has 0 saturated heterocycles. The van der Waals surface area contributed by atoms with E-state index in [0.717, 1.165) is 11.3 Å². The van der Waals surface area contributed by atoms with E-state index in [1.165, 1.54) is 4.90 Å². The Kier molecular flexibility index (Phi) is 5.24. The molecule has 0 spiro atoms. The predicted octanol–water partition coefficient (Wildman–Crippen LogP) is 0.751. The van der Waals surface area contributed by atoms with Gasteiger partial charge in [-0.25, -0.2) is 9.78 Å². The highest BCUT2D eigenvalue weighted by molar-refractivity contribution is 7.11. The highest BCUT2D eigenvalue weighted by Crippen LogP contribution is 2.11. The van der Waals surface area contributed by atoms with Crippen molar-refractivity contribution >= 4 is 23.2 Å². The largest absolute Gasteiger partial charge is 0.476 e. The fraction of sp³-hybridized carbons (Fsp3) is 0.545. The number of carboxylic acids is 1. The van der Waals surface area contributed by atoms with Crippen LogP contribution in [0.5, 0.6) is 0 Å². The third kappa shape index (κ3) is 4.08. The number of aromatic nitrogens is 1. The van der Waals surface area contributed by atoms with Crippen LogP contribution in [0.15, 0.2) is 5.38 Å². The van der Waals surface area contributed by atoms with Gasteiger partial charge in [0, 0.05) is 26.0 Å². The number of carbonyl (C=O) groups excluding carboxylic acids is 1. The lowest BCUT2D eigenvalue weighted by Crippen LogP contribution is -2.36. The number of thiazole rings is 1. The summed E-state index contributed by atoms with van der Waals surface area (Å²) in [4.78, 5) is 29.8. The maximum Gasteiger partial charge on any atom is 0.365 e. The number of nitrogens with zero attached hydrogens (tertiary/aromatic N) is 3. The molecule has 0 atom stereocenters. The van der Waals surface area contributed by atoms with Crippen LogP contribution in [-0.4, -0.2) is 59.0 Å². The first-order valence-corrected chi connectivity index (χ1v) is 6.42. The summed E-state index contributed by atoms with van der Waals surface area (Å²) in [5, 5.41) is 10.6. The van der Waals surface area contributed by atoms with Gasteiger partial charge in [0.15, 0.2) is 0 Å². The van der Waals surface area contributed by atoms with Crippen LogP contribution >= 0.6 is 11.3 Å². The van der Waals surface area contributed by atoms with Gasteiger partial charge in [0.05, 0.1) is 12.2 Å². The average molecular weight is 271 g/mol. The number of rotatable bonds is 6. The molecule has 1 heterocycles. The van der Waals surface area contributed by atoms with Crippen LogP contribution in [0.2, 0.25) is 0 Å². The Morgan fingerprint density at radius 2 is 2.11 bits per heavy atom. The van der Waals surface area contributed by atoms with E-state index in [0.29, 0.717) is 25.3 Å². The summed E-state index contributed by atoms with van der Waals surface area (Å²) < 4.78 is 0. The van der Waals surface area contributed by atoms with E-state index in [-0.39, 0.29) is 10.9 Å². The summed E-state index contributed by atoms with van der Waals surface area (Å²) in [5.74, 6) is -0.996. The van der Waals surface area contributed by atoms with E-state index in [1.807, 2.05) is 11.8 Å². The molecule has 0 aliphatic carbocycles. The van der Waals surface area contributed by atoms with Crippen LogP contribution in [-0.2, 0) is 11.3 Å². The highest BCUT2D eigenvalue weighted by atomic mass is 32.1. The summed E-state index contributed by atoms with van der Waals surface area (Å²) in [6.45, 7) is 3.45. The van der Waals surface area contributed by atoms with Crippen LogP contribution in [0.4, 0.5) is 0 Å². The number of hydrogen-bond acceptors (Lipinski definition) is 5. The van der Waals surface area contributed by atoms with E-state index in [4.69, 9.17) is 5.11 Å². The van der Waals surface area contributed by atoms with Crippen LogP contribution in [0, 0.1) is 0 Å². The van der Waals surface area contributed by atoms with Crippen molar-refractivity contribution in [1.29, 1.82) is 0 Å². The van der Waals surface area contributed by atoms with Gasteiger partial charge in [-0.05, 0) is 6.54 Å². The molecule has 0 unspecified atom stereocenters. The Morgan fingerprint density at radius 1 is 1.44 bits per heavy atom. The minimum Gasteiger partial charge on any atom is -0.476 e. The number of amides is 1. The van der Waals surface area contributed by atoms with Crippen molar-refractivity contribution in [3.8, 4) is 0 Å². The smallest absolute Gasteiger partial charge is 0.365 e. The van der Waals surface area contributed by atoms with Gasteiger partial charge in [0.1, 0.15) is 0 Å². The van der Waals surface area contributed by atoms with Crippen molar-refractivity contribution in [3.05, 3.63) is 16.1 Å². The van der Waals surface area contributed by atoms with E-state index in [9.17, 15) is 9.59 Å². The third-order valence-electron chi connectivity index (χ3n) is 2.43. The molecule has 7 heteroatoms. The number of carbonyl (C=O) groups is 2. The zero-order chi connectivity index (χ0) is 13.7. The first-order valence-electron chi connectivity index (χ1n) is 5.54. The van der Waals surface area contributed by atoms with Gasteiger partial charge in [0.25, 0.3) is 0 Å². The zero-order valence-corrected chi connectivity index (χ0v) is 11.5. The van der Waals surface area contributed by atoms with Crippen LogP contribution in [0.3, 0.4) is 0 Å². The minimum atomic E-state index is -1.02. The van der Waals surface area contributed by atoms with Gasteiger partial charge in [-0.3, -0.25) is 9.69 Å². The Balaban J connectivity index is 2.62. The summed E-state index contributed by atoms with van der Waals surface area (Å²) >= 11 is 1.10. The van der Waals surface area contributed by atoms with Gasteiger partial charge in [-0.15, -0.1) is 11.3 Å². The molecule has 0 aliphatic heterocycles. The van der Waals surface area contributed by atoms with Crippen LogP contribution in [0.25, 0.3) is 0 Å². The average Bonchev–Trinajstić information content (AvgIpc) is 2.76. The van der Waals surface area contributed by atoms with Gasteiger partial charge < -0.3 is 10.0 Å². The third-order valence-corrected chi connectivity index (χ3v) is 3.30. The summed E-state index contributed by atoms with van der Waals surface area (Å²) in [6, 6.07) is 0. The van der Waals surface area contributed by atoms with E-state index < -0.39 is 5.97 Å². The van der Waals surface area contributed by atoms with Crippen molar-refractivity contribution in [3.63, 3.8) is 0 Å². The van der Waals surface area contributed by atoms with Gasteiger partial charge in [-0.2, -0.15) is 0 Å². The van der Waals surface area contributed by atoms with Crippen molar-refractivity contribution in [2.45, 2.75) is 13.5 Å². The molecule has 18 heavy (non-hydrogen) atoms. The van der Waals surface area contributed by atoms with Crippen LogP contribution < -0.4 is 0 Å². The Hall–Kier alpha value is -1.47. The normalized spacial score (nSPS) is 10.7. The molecule has 0 bridgehead atoms. The van der Waals surface area contributed by atoms with Crippen molar-refractivity contribution in [2.75, 3.05) is 27.2 Å². The van der Waals surface area contributed by atoms with E-state index >= 15 is 0 Å². The van der Waals surface area contributed by atoms with Gasteiger partial charge >= 0.3 is 5.97 Å². The fourth-order valence-electron chi connectivity index (χ4n) is 1.32. The molecule has 1 amide bonds. The lowest BCUT2D eigenvalue weighted by molar-refractivity contribution is -0.130. The SMILES string of the molecule is CCN(CC(=O)N(C)C)Cc1csc(C(=O)O)n1. The second-order valence-electron chi connectivity index (χ2n) is 4.04. The maximum atomic E-state index is 11.6. The van der Waals surface area contributed by atoms with Crippen LogP contribution in [0.1, 0.15) is 22.4 Å². The van der Waals surface area contributed by atoms with E-state index in [1.54, 1.807) is 19.5 Å². The lowest BCUT2D eigenvalue weighted by Gasteiger charge is -2.20. The summed E-state index contributed by atoms with van der Waals surface area (Å²) in [7, 11) is 3.42. The molecule has 100 valence electrons. The first-order chi connectivity index (χ1) is 8.43. The Morgan fingerprint density at radius 3 is 2.56 bits per heavy atom. The number of hydrogen-bond donors (Lipinski definition) is 1. The van der Waals surface area contributed by atoms with Crippen molar-refractivity contribution in [1.82, 2.24) is 14.8 Å². The number of aromatic carboxylic acids is 1. The quantitative estimate of drug-likeness (QED) is 0.826. The number of likely N-dealkylation sites (N-methyl/N-ethyl adjacent to an activating group) is 2. The topological polar surface area (TPSA) is 73.7 Å². The molecule has 1 aromatic rings. The molecule has 0 radical (unpaired) electrons. The molecule has 0 fully saturated rings. The van der Waals surface area contributed by atoms with E-state index in [2.05, 4.69) is 4.98 Å². The summed E-state index contributed by atoms with van der Waals surface area (Å²) in [5.41, 5.74) is 0.686. The Bertz CT molecular complexity index is 431.